The summed E-state index contributed by atoms with van der Waals surface area (Å²) in [5, 5.41) is 4.98. The Bertz CT molecular complexity index is 946. The fourth-order valence-corrected chi connectivity index (χ4v) is 3.38. The second-order valence-corrected chi connectivity index (χ2v) is 7.85. The molecule has 0 heterocycles. The van der Waals surface area contributed by atoms with Gasteiger partial charge in [0.15, 0.2) is 0 Å². The molecule has 7 heteroatoms. The largest absolute Gasteiger partial charge is 0.460 e. The number of carbonyl (C=O) groups is 2. The fraction of sp³-hybridized carbons (Fsp3) is 0.238. The molecule has 2 atom stereocenters. The van der Waals surface area contributed by atoms with E-state index < -0.39 is 17.8 Å². The SMILES string of the molecule is O=C(Nc1cccc2ccccc12)[C@H]1CC=CC[C@@H]1C(=O)OCC(Cl)=C(Cl)Cl. The van der Waals surface area contributed by atoms with Crippen molar-refractivity contribution in [3.63, 3.8) is 0 Å². The number of ether oxygens (including phenoxy) is 1. The summed E-state index contributed by atoms with van der Waals surface area (Å²) in [4.78, 5) is 25.4. The summed E-state index contributed by atoms with van der Waals surface area (Å²) in [7, 11) is 0. The van der Waals surface area contributed by atoms with Gasteiger partial charge in [0.2, 0.25) is 5.91 Å². The Hall–Kier alpha value is -2.01. The topological polar surface area (TPSA) is 55.4 Å². The van der Waals surface area contributed by atoms with E-state index in [0.717, 1.165) is 10.8 Å². The summed E-state index contributed by atoms with van der Waals surface area (Å²) >= 11 is 16.9. The van der Waals surface area contributed by atoms with E-state index in [4.69, 9.17) is 39.5 Å². The molecule has 1 aliphatic carbocycles. The van der Waals surface area contributed by atoms with E-state index in [0.29, 0.717) is 18.5 Å². The Morgan fingerprint density at radius 1 is 0.964 bits per heavy atom. The van der Waals surface area contributed by atoms with Gasteiger partial charge in [-0.1, -0.05) is 83.4 Å². The molecule has 0 aliphatic heterocycles. The van der Waals surface area contributed by atoms with Crippen LogP contribution in [0.3, 0.4) is 0 Å². The average Bonchev–Trinajstić information content (AvgIpc) is 2.71. The molecule has 28 heavy (non-hydrogen) atoms. The Kier molecular flexibility index (Phi) is 7.00. The van der Waals surface area contributed by atoms with Crippen LogP contribution < -0.4 is 5.32 Å². The molecular weight excluding hydrogens is 421 g/mol. The van der Waals surface area contributed by atoms with Crippen LogP contribution in [-0.4, -0.2) is 18.5 Å². The lowest BCUT2D eigenvalue weighted by Gasteiger charge is -2.26. The van der Waals surface area contributed by atoms with Crippen molar-refractivity contribution >= 4 is 63.1 Å². The summed E-state index contributed by atoms with van der Waals surface area (Å²) < 4.78 is 5.04. The second kappa shape index (κ2) is 9.46. The fourth-order valence-electron chi connectivity index (χ4n) is 3.22. The number of rotatable bonds is 5. The first-order valence-corrected chi connectivity index (χ1v) is 9.90. The van der Waals surface area contributed by atoms with Crippen LogP contribution in [-0.2, 0) is 14.3 Å². The molecule has 2 aromatic rings. The molecule has 1 N–H and O–H groups in total. The van der Waals surface area contributed by atoms with Gasteiger partial charge in [-0.15, -0.1) is 0 Å². The first-order valence-electron chi connectivity index (χ1n) is 8.77. The number of allylic oxidation sites excluding steroid dienone is 2. The number of fused-ring (bicyclic) bond motifs is 1. The van der Waals surface area contributed by atoms with Crippen molar-refractivity contribution in [2.75, 3.05) is 11.9 Å². The highest BCUT2D eigenvalue weighted by molar-refractivity contribution is 6.59. The Morgan fingerprint density at radius 2 is 1.64 bits per heavy atom. The first-order chi connectivity index (χ1) is 13.5. The molecule has 1 amide bonds. The predicted octanol–water partition coefficient (Wildman–Crippen LogP) is 5.79. The van der Waals surface area contributed by atoms with Crippen molar-refractivity contribution in [2.45, 2.75) is 12.8 Å². The van der Waals surface area contributed by atoms with E-state index in [9.17, 15) is 9.59 Å². The monoisotopic (exact) mass is 437 g/mol. The number of amides is 1. The van der Waals surface area contributed by atoms with Gasteiger partial charge in [-0.2, -0.15) is 0 Å². The number of nitrogens with one attached hydrogen (secondary N) is 1. The van der Waals surface area contributed by atoms with E-state index in [2.05, 4.69) is 5.32 Å². The first kappa shape index (κ1) is 20.7. The van der Waals surface area contributed by atoms with E-state index in [-0.39, 0.29) is 22.0 Å². The molecule has 0 saturated heterocycles. The second-order valence-electron chi connectivity index (χ2n) is 6.44. The van der Waals surface area contributed by atoms with Gasteiger partial charge in [0.25, 0.3) is 0 Å². The van der Waals surface area contributed by atoms with Crippen LogP contribution in [0.4, 0.5) is 5.69 Å². The standard InChI is InChI=1S/C21H18Cl3NO3/c22-17(19(23)24)12-28-21(27)16-10-4-3-9-15(16)20(26)25-18-11-5-7-13-6-1-2-8-14(13)18/h1-8,11,15-16H,9-10,12H2,(H,25,26)/t15-,16-/m0/s1. The molecule has 0 unspecified atom stereocenters. The van der Waals surface area contributed by atoms with Crippen molar-refractivity contribution in [1.29, 1.82) is 0 Å². The lowest BCUT2D eigenvalue weighted by molar-refractivity contribution is -0.151. The predicted molar refractivity (Wildman–Crippen MR) is 113 cm³/mol. The number of hydrogen-bond acceptors (Lipinski definition) is 3. The Labute approximate surface area is 178 Å². The zero-order chi connectivity index (χ0) is 20.1. The third-order valence-electron chi connectivity index (χ3n) is 4.67. The molecule has 0 saturated carbocycles. The Balaban J connectivity index is 1.74. The molecule has 0 spiro atoms. The van der Waals surface area contributed by atoms with Gasteiger partial charge in [0.1, 0.15) is 11.1 Å². The van der Waals surface area contributed by atoms with Crippen LogP contribution in [0.5, 0.6) is 0 Å². The highest BCUT2D eigenvalue weighted by atomic mass is 35.5. The molecule has 0 aromatic heterocycles. The summed E-state index contributed by atoms with van der Waals surface area (Å²) in [6.07, 6.45) is 4.65. The van der Waals surface area contributed by atoms with Crippen molar-refractivity contribution in [3.8, 4) is 0 Å². The third-order valence-corrected chi connectivity index (χ3v) is 5.61. The maximum absolute atomic E-state index is 12.9. The number of halogens is 3. The molecule has 2 aromatic carbocycles. The van der Waals surface area contributed by atoms with Gasteiger partial charge in [0, 0.05) is 11.1 Å². The number of benzene rings is 2. The van der Waals surface area contributed by atoms with E-state index in [1.807, 2.05) is 54.6 Å². The molecule has 0 fully saturated rings. The number of anilines is 1. The van der Waals surface area contributed by atoms with Gasteiger partial charge in [-0.25, -0.2) is 0 Å². The quantitative estimate of drug-likeness (QED) is 0.475. The maximum atomic E-state index is 12.9. The van der Waals surface area contributed by atoms with Gasteiger partial charge in [0.05, 0.1) is 16.9 Å². The number of hydrogen-bond donors (Lipinski definition) is 1. The van der Waals surface area contributed by atoms with Gasteiger partial charge in [-0.3, -0.25) is 9.59 Å². The van der Waals surface area contributed by atoms with E-state index in [1.54, 1.807) is 0 Å². The minimum Gasteiger partial charge on any atom is -0.460 e. The van der Waals surface area contributed by atoms with Gasteiger partial charge < -0.3 is 10.1 Å². The molecule has 146 valence electrons. The number of esters is 1. The Morgan fingerprint density at radius 3 is 2.39 bits per heavy atom. The summed E-state index contributed by atoms with van der Waals surface area (Å²) in [6, 6.07) is 13.5. The van der Waals surface area contributed by atoms with Gasteiger partial charge in [-0.05, 0) is 24.3 Å². The maximum Gasteiger partial charge on any atom is 0.310 e. The highest BCUT2D eigenvalue weighted by Gasteiger charge is 2.35. The van der Waals surface area contributed by atoms with E-state index >= 15 is 0 Å². The minimum atomic E-state index is -0.599. The minimum absolute atomic E-state index is 0.0415. The van der Waals surface area contributed by atoms with Crippen molar-refractivity contribution in [2.24, 2.45) is 11.8 Å². The zero-order valence-corrected chi connectivity index (χ0v) is 17.1. The molecule has 4 nitrogen and oxygen atoms in total. The smallest absolute Gasteiger partial charge is 0.310 e. The zero-order valence-electron chi connectivity index (χ0n) is 14.8. The molecule has 1 aliphatic rings. The van der Waals surface area contributed by atoms with Crippen LogP contribution in [0.1, 0.15) is 12.8 Å². The molecular formula is C21H18Cl3NO3. The van der Waals surface area contributed by atoms with Crippen LogP contribution >= 0.6 is 34.8 Å². The molecule has 0 radical (unpaired) electrons. The highest BCUT2D eigenvalue weighted by Crippen LogP contribution is 2.30. The van der Waals surface area contributed by atoms with Crippen molar-refractivity contribution in [3.05, 3.63) is 64.1 Å². The van der Waals surface area contributed by atoms with Crippen LogP contribution in [0.2, 0.25) is 0 Å². The van der Waals surface area contributed by atoms with Crippen molar-refractivity contribution in [1.82, 2.24) is 0 Å². The summed E-state index contributed by atoms with van der Waals surface area (Å²) in [5.41, 5.74) is 0.713. The summed E-state index contributed by atoms with van der Waals surface area (Å²) in [5.74, 6) is -1.86. The lowest BCUT2D eigenvalue weighted by Crippen LogP contribution is -2.36. The van der Waals surface area contributed by atoms with Gasteiger partial charge >= 0.3 is 5.97 Å². The van der Waals surface area contributed by atoms with Crippen molar-refractivity contribution < 1.29 is 14.3 Å². The molecule has 0 bridgehead atoms. The average molecular weight is 439 g/mol. The lowest BCUT2D eigenvalue weighted by atomic mass is 9.82. The number of carbonyl (C=O) groups excluding carboxylic acids is 2. The normalized spacial score (nSPS) is 18.5. The van der Waals surface area contributed by atoms with Crippen LogP contribution in [0.15, 0.2) is 64.1 Å². The van der Waals surface area contributed by atoms with Crippen LogP contribution in [0, 0.1) is 11.8 Å². The van der Waals surface area contributed by atoms with E-state index in [1.165, 1.54) is 0 Å². The van der Waals surface area contributed by atoms with Crippen LogP contribution in [0.25, 0.3) is 10.8 Å². The summed E-state index contributed by atoms with van der Waals surface area (Å²) in [6.45, 7) is -0.222. The third kappa shape index (κ3) is 4.88. The molecule has 3 rings (SSSR count).